The molecule has 4 rings (SSSR count). The number of methoxy groups -OCH3 is 2. The number of nitrogens with zero attached hydrogens (tertiary/aromatic N) is 1. The van der Waals surface area contributed by atoms with Crippen molar-refractivity contribution in [2.45, 2.75) is 32.1 Å². The summed E-state index contributed by atoms with van der Waals surface area (Å²) in [6.45, 7) is 0.888. The Morgan fingerprint density at radius 2 is 1.54 bits per heavy atom. The molecule has 7 nitrogen and oxygen atoms in total. The van der Waals surface area contributed by atoms with Gasteiger partial charge in [0.2, 0.25) is 5.91 Å². The number of imide groups is 1. The lowest BCUT2D eigenvalue weighted by Crippen LogP contribution is -2.40. The summed E-state index contributed by atoms with van der Waals surface area (Å²) < 4.78 is 10.6. The molecule has 35 heavy (non-hydrogen) atoms. The molecule has 0 radical (unpaired) electrons. The van der Waals surface area contributed by atoms with Gasteiger partial charge in [0, 0.05) is 36.0 Å². The number of rotatable bonds is 11. The SMILES string of the molecule is COc1ccc(CCNC(=O)CCCCCN2C(=O)c3cccc4cccc(c34)C2=O)cc1OC. The van der Waals surface area contributed by atoms with E-state index in [1.807, 2.05) is 42.5 Å². The molecule has 1 aliphatic rings. The standard InChI is InChI=1S/C28H30N2O5/c1-34-23-14-13-19(18-24(23)35-2)15-16-29-25(31)12-4-3-5-17-30-27(32)21-10-6-8-20-9-7-11-22(26(20)21)28(30)33/h6-11,13-14,18H,3-5,12,15-17H2,1-2H3,(H,29,31). The van der Waals surface area contributed by atoms with Gasteiger partial charge in [-0.2, -0.15) is 0 Å². The fourth-order valence-electron chi connectivity index (χ4n) is 4.49. The molecule has 0 aromatic heterocycles. The Bertz CT molecular complexity index is 1200. The maximum absolute atomic E-state index is 12.9. The summed E-state index contributed by atoms with van der Waals surface area (Å²) in [7, 11) is 3.19. The van der Waals surface area contributed by atoms with E-state index >= 15 is 0 Å². The smallest absolute Gasteiger partial charge is 0.261 e. The summed E-state index contributed by atoms with van der Waals surface area (Å²) in [4.78, 5) is 39.4. The van der Waals surface area contributed by atoms with Gasteiger partial charge in [0.15, 0.2) is 11.5 Å². The van der Waals surface area contributed by atoms with E-state index in [0.717, 1.165) is 22.8 Å². The monoisotopic (exact) mass is 474 g/mol. The summed E-state index contributed by atoms with van der Waals surface area (Å²) in [5.41, 5.74) is 2.20. The van der Waals surface area contributed by atoms with Gasteiger partial charge >= 0.3 is 0 Å². The molecule has 0 unspecified atom stereocenters. The third-order valence-electron chi connectivity index (χ3n) is 6.33. The van der Waals surface area contributed by atoms with Crippen LogP contribution in [-0.4, -0.2) is 49.9 Å². The van der Waals surface area contributed by atoms with Crippen LogP contribution in [0.15, 0.2) is 54.6 Å². The Kier molecular flexibility index (Phi) is 7.65. The van der Waals surface area contributed by atoms with E-state index in [-0.39, 0.29) is 17.7 Å². The van der Waals surface area contributed by atoms with Gasteiger partial charge in [0.1, 0.15) is 0 Å². The van der Waals surface area contributed by atoms with E-state index in [4.69, 9.17) is 9.47 Å². The molecule has 0 spiro atoms. The van der Waals surface area contributed by atoms with Gasteiger partial charge in [-0.25, -0.2) is 0 Å². The van der Waals surface area contributed by atoms with Gasteiger partial charge in [-0.1, -0.05) is 36.8 Å². The molecule has 0 atom stereocenters. The largest absolute Gasteiger partial charge is 0.493 e. The van der Waals surface area contributed by atoms with Crippen molar-refractivity contribution in [2.75, 3.05) is 27.3 Å². The van der Waals surface area contributed by atoms with Crippen molar-refractivity contribution in [3.8, 4) is 11.5 Å². The molecule has 0 aliphatic carbocycles. The van der Waals surface area contributed by atoms with Crippen LogP contribution in [0.25, 0.3) is 10.8 Å². The van der Waals surface area contributed by atoms with Crippen molar-refractivity contribution >= 4 is 28.5 Å². The molecule has 7 heteroatoms. The van der Waals surface area contributed by atoms with Crippen molar-refractivity contribution in [1.82, 2.24) is 10.2 Å². The highest BCUT2D eigenvalue weighted by Crippen LogP contribution is 2.30. The minimum Gasteiger partial charge on any atom is -0.493 e. The molecule has 0 saturated heterocycles. The number of unbranched alkanes of at least 4 members (excludes halogenated alkanes) is 2. The first kappa shape index (κ1) is 24.3. The molecule has 182 valence electrons. The van der Waals surface area contributed by atoms with Crippen LogP contribution in [0.4, 0.5) is 0 Å². The number of hydrogen-bond donors (Lipinski definition) is 1. The third kappa shape index (κ3) is 5.29. The topological polar surface area (TPSA) is 84.9 Å². The number of ether oxygens (including phenoxy) is 2. The second-order valence-corrected chi connectivity index (χ2v) is 8.57. The highest BCUT2D eigenvalue weighted by atomic mass is 16.5. The summed E-state index contributed by atoms with van der Waals surface area (Å²) in [5.74, 6) is 0.854. The van der Waals surface area contributed by atoms with E-state index in [2.05, 4.69) is 5.32 Å². The number of amides is 3. The minimum absolute atomic E-state index is 0.00351. The molecule has 3 aromatic rings. The second kappa shape index (κ2) is 11.0. The van der Waals surface area contributed by atoms with Crippen LogP contribution in [0.1, 0.15) is 52.0 Å². The van der Waals surface area contributed by atoms with Gasteiger partial charge in [-0.3, -0.25) is 19.3 Å². The second-order valence-electron chi connectivity index (χ2n) is 8.57. The fourth-order valence-corrected chi connectivity index (χ4v) is 4.49. The molecule has 1 heterocycles. The maximum atomic E-state index is 12.9. The van der Waals surface area contributed by atoms with Gasteiger partial charge in [-0.05, 0) is 54.5 Å². The number of hydrogen-bond acceptors (Lipinski definition) is 5. The van der Waals surface area contributed by atoms with Crippen LogP contribution in [0.2, 0.25) is 0 Å². The van der Waals surface area contributed by atoms with Crippen molar-refractivity contribution in [3.05, 3.63) is 71.3 Å². The molecule has 3 aromatic carbocycles. The quantitative estimate of drug-likeness (QED) is 0.329. The Morgan fingerprint density at radius 1 is 0.857 bits per heavy atom. The van der Waals surface area contributed by atoms with Crippen molar-refractivity contribution in [3.63, 3.8) is 0 Å². The predicted octanol–water partition coefficient (Wildman–Crippen LogP) is 4.37. The molecule has 3 amide bonds. The average Bonchev–Trinajstić information content (AvgIpc) is 2.88. The Balaban J connectivity index is 1.19. The zero-order valence-corrected chi connectivity index (χ0v) is 20.1. The van der Waals surface area contributed by atoms with E-state index in [9.17, 15) is 14.4 Å². The summed E-state index contributed by atoms with van der Waals surface area (Å²) in [6.07, 6.45) is 3.22. The zero-order valence-electron chi connectivity index (χ0n) is 20.1. The van der Waals surface area contributed by atoms with Gasteiger partial charge in [0.25, 0.3) is 11.8 Å². The molecule has 0 fully saturated rings. The lowest BCUT2D eigenvalue weighted by atomic mass is 9.94. The van der Waals surface area contributed by atoms with Crippen LogP contribution in [0, 0.1) is 0 Å². The lowest BCUT2D eigenvalue weighted by molar-refractivity contribution is -0.121. The predicted molar refractivity (Wildman–Crippen MR) is 134 cm³/mol. The molecule has 0 bridgehead atoms. The highest BCUT2D eigenvalue weighted by molar-refractivity contribution is 6.25. The molecular formula is C28H30N2O5. The summed E-state index contributed by atoms with van der Waals surface area (Å²) in [5, 5.41) is 4.59. The molecule has 0 saturated carbocycles. The number of carbonyl (C=O) groups is 3. The number of benzene rings is 3. The number of nitrogens with one attached hydrogen (secondary N) is 1. The number of carbonyl (C=O) groups excluding carboxylic acids is 3. The van der Waals surface area contributed by atoms with Crippen LogP contribution >= 0.6 is 0 Å². The van der Waals surface area contributed by atoms with Crippen LogP contribution in [0.3, 0.4) is 0 Å². The Hall–Kier alpha value is -3.87. The van der Waals surface area contributed by atoms with Crippen molar-refractivity contribution in [2.24, 2.45) is 0 Å². The Morgan fingerprint density at radius 3 is 2.20 bits per heavy atom. The van der Waals surface area contributed by atoms with Crippen LogP contribution < -0.4 is 14.8 Å². The maximum Gasteiger partial charge on any atom is 0.261 e. The molecule has 1 N–H and O–H groups in total. The first-order valence-electron chi connectivity index (χ1n) is 11.9. The van der Waals surface area contributed by atoms with E-state index < -0.39 is 0 Å². The third-order valence-corrected chi connectivity index (χ3v) is 6.33. The van der Waals surface area contributed by atoms with Crippen LogP contribution in [-0.2, 0) is 11.2 Å². The minimum atomic E-state index is -0.243. The van der Waals surface area contributed by atoms with Crippen LogP contribution in [0.5, 0.6) is 11.5 Å². The molecule has 1 aliphatic heterocycles. The Labute approximate surface area is 205 Å². The zero-order chi connectivity index (χ0) is 24.8. The molecular weight excluding hydrogens is 444 g/mol. The summed E-state index contributed by atoms with van der Waals surface area (Å²) in [6, 6.07) is 16.8. The van der Waals surface area contributed by atoms with E-state index in [1.54, 1.807) is 26.4 Å². The van der Waals surface area contributed by atoms with Crippen molar-refractivity contribution in [1.29, 1.82) is 0 Å². The normalized spacial score (nSPS) is 12.7. The van der Waals surface area contributed by atoms with E-state index in [0.29, 0.717) is 61.4 Å². The summed E-state index contributed by atoms with van der Waals surface area (Å²) >= 11 is 0. The van der Waals surface area contributed by atoms with Gasteiger partial charge < -0.3 is 14.8 Å². The van der Waals surface area contributed by atoms with E-state index in [1.165, 1.54) is 4.90 Å². The highest BCUT2D eigenvalue weighted by Gasteiger charge is 2.32. The first-order valence-corrected chi connectivity index (χ1v) is 11.9. The van der Waals surface area contributed by atoms with Gasteiger partial charge in [-0.15, -0.1) is 0 Å². The van der Waals surface area contributed by atoms with Crippen molar-refractivity contribution < 1.29 is 23.9 Å². The first-order chi connectivity index (χ1) is 17.0. The lowest BCUT2D eigenvalue weighted by Gasteiger charge is -2.27. The average molecular weight is 475 g/mol. The van der Waals surface area contributed by atoms with Gasteiger partial charge in [0.05, 0.1) is 14.2 Å². The fraction of sp³-hybridized carbons (Fsp3) is 0.321.